The highest BCUT2D eigenvalue weighted by atomic mass is 32.2. The van der Waals surface area contributed by atoms with Gasteiger partial charge >= 0.3 is 0 Å². The Labute approximate surface area is 118 Å². The Morgan fingerprint density at radius 3 is 2.60 bits per heavy atom. The van der Waals surface area contributed by atoms with E-state index in [1.54, 1.807) is 0 Å². The highest BCUT2D eigenvalue weighted by Crippen LogP contribution is 2.37. The second-order valence-electron chi connectivity index (χ2n) is 5.03. The van der Waals surface area contributed by atoms with Gasteiger partial charge in [-0.1, -0.05) is 6.92 Å². The molecule has 7 heteroatoms. The maximum Gasteiger partial charge on any atom is 0.241 e. The first-order valence-electron chi connectivity index (χ1n) is 6.34. The number of hydrogen-bond acceptors (Lipinski definition) is 4. The lowest BCUT2D eigenvalue weighted by molar-refractivity contribution is -0.119. The first kappa shape index (κ1) is 14.8. The molecule has 1 fully saturated rings. The van der Waals surface area contributed by atoms with E-state index < -0.39 is 10.0 Å². The number of carbonyl (C=O) groups excluding carboxylic acids is 1. The van der Waals surface area contributed by atoms with Crippen LogP contribution in [0, 0.1) is 11.8 Å². The molecule has 3 N–H and O–H groups in total. The van der Waals surface area contributed by atoms with Crippen molar-refractivity contribution in [2.75, 3.05) is 12.4 Å². The van der Waals surface area contributed by atoms with Gasteiger partial charge in [-0.25, -0.2) is 13.6 Å². The van der Waals surface area contributed by atoms with Crippen molar-refractivity contribution in [1.29, 1.82) is 0 Å². The second-order valence-corrected chi connectivity index (χ2v) is 6.56. The molecule has 1 atom stereocenters. The van der Waals surface area contributed by atoms with Crippen LogP contribution >= 0.6 is 0 Å². The van der Waals surface area contributed by atoms with Gasteiger partial charge in [0.05, 0.1) is 7.11 Å². The summed E-state index contributed by atoms with van der Waals surface area (Å²) < 4.78 is 27.7. The Hall–Kier alpha value is -1.60. The van der Waals surface area contributed by atoms with E-state index in [9.17, 15) is 13.2 Å². The van der Waals surface area contributed by atoms with Crippen molar-refractivity contribution in [1.82, 2.24) is 0 Å². The van der Waals surface area contributed by atoms with Gasteiger partial charge in [0.1, 0.15) is 10.6 Å². The van der Waals surface area contributed by atoms with E-state index in [4.69, 9.17) is 9.88 Å². The summed E-state index contributed by atoms with van der Waals surface area (Å²) in [6.45, 7) is 1.89. The minimum atomic E-state index is -3.85. The number of rotatable bonds is 5. The van der Waals surface area contributed by atoms with E-state index in [0.29, 0.717) is 11.6 Å². The average molecular weight is 298 g/mol. The number of benzene rings is 1. The molecule has 0 spiro atoms. The summed E-state index contributed by atoms with van der Waals surface area (Å²) in [6.07, 6.45) is 2.17. The first-order valence-corrected chi connectivity index (χ1v) is 7.89. The predicted molar refractivity (Wildman–Crippen MR) is 74.9 cm³/mol. The van der Waals surface area contributed by atoms with Gasteiger partial charge in [-0.15, -0.1) is 0 Å². The summed E-state index contributed by atoms with van der Waals surface area (Å²) in [5, 5.41) is 7.85. The predicted octanol–water partition coefficient (Wildman–Crippen LogP) is 1.33. The quantitative estimate of drug-likeness (QED) is 0.856. The van der Waals surface area contributed by atoms with Crippen LogP contribution in [-0.2, 0) is 14.8 Å². The molecular formula is C13H18N2O4S. The standard InChI is InChI=1S/C13H18N2O4S/c1-8(9-3-4-9)13(16)15-10-5-6-12(20(14,17)18)11(7-10)19-2/h5-9H,3-4H2,1-2H3,(H,15,16)(H2,14,17,18). The fourth-order valence-electron chi connectivity index (χ4n) is 2.05. The molecule has 2 rings (SSSR count). The van der Waals surface area contributed by atoms with E-state index in [0.717, 1.165) is 12.8 Å². The molecule has 6 nitrogen and oxygen atoms in total. The van der Waals surface area contributed by atoms with Crippen molar-refractivity contribution in [2.45, 2.75) is 24.7 Å². The number of carbonyl (C=O) groups is 1. The van der Waals surface area contributed by atoms with Crippen LogP contribution in [0.5, 0.6) is 5.75 Å². The Bertz CT molecular complexity index is 623. The van der Waals surface area contributed by atoms with Gasteiger partial charge in [-0.3, -0.25) is 4.79 Å². The van der Waals surface area contributed by atoms with Crippen molar-refractivity contribution < 1.29 is 17.9 Å². The van der Waals surface area contributed by atoms with Crippen molar-refractivity contribution >= 4 is 21.6 Å². The number of sulfonamides is 1. The average Bonchev–Trinajstić information content (AvgIpc) is 3.20. The number of methoxy groups -OCH3 is 1. The minimum absolute atomic E-state index is 0.0427. The summed E-state index contributed by atoms with van der Waals surface area (Å²) >= 11 is 0. The summed E-state index contributed by atoms with van der Waals surface area (Å²) in [7, 11) is -2.50. The van der Waals surface area contributed by atoms with Crippen molar-refractivity contribution in [2.24, 2.45) is 17.0 Å². The molecule has 1 aromatic carbocycles. The van der Waals surface area contributed by atoms with Crippen LogP contribution in [0.4, 0.5) is 5.69 Å². The molecule has 0 aliphatic heterocycles. The van der Waals surface area contributed by atoms with Gasteiger partial charge in [0.25, 0.3) is 0 Å². The monoisotopic (exact) mass is 298 g/mol. The molecule has 0 bridgehead atoms. The lowest BCUT2D eigenvalue weighted by Crippen LogP contribution is -2.22. The second kappa shape index (κ2) is 5.41. The van der Waals surface area contributed by atoms with Crippen LogP contribution in [0.3, 0.4) is 0 Å². The minimum Gasteiger partial charge on any atom is -0.495 e. The number of hydrogen-bond donors (Lipinski definition) is 2. The van der Waals surface area contributed by atoms with Crippen LogP contribution in [-0.4, -0.2) is 21.4 Å². The molecule has 1 unspecified atom stereocenters. The number of anilines is 1. The topological polar surface area (TPSA) is 98.5 Å². The summed E-state index contributed by atoms with van der Waals surface area (Å²) in [5.41, 5.74) is 0.492. The van der Waals surface area contributed by atoms with Gasteiger partial charge in [0.15, 0.2) is 0 Å². The number of nitrogens with one attached hydrogen (secondary N) is 1. The summed E-state index contributed by atoms with van der Waals surface area (Å²) in [5.74, 6) is 0.460. The Morgan fingerprint density at radius 2 is 2.10 bits per heavy atom. The van der Waals surface area contributed by atoms with E-state index in [1.165, 1.54) is 25.3 Å². The zero-order valence-corrected chi connectivity index (χ0v) is 12.2. The van der Waals surface area contributed by atoms with E-state index >= 15 is 0 Å². The molecule has 20 heavy (non-hydrogen) atoms. The zero-order chi connectivity index (χ0) is 14.9. The SMILES string of the molecule is COc1cc(NC(=O)C(C)C2CC2)ccc1S(N)(=O)=O. The van der Waals surface area contributed by atoms with Crippen LogP contribution < -0.4 is 15.2 Å². The highest BCUT2D eigenvalue weighted by Gasteiger charge is 2.32. The molecule has 0 aromatic heterocycles. The molecule has 110 valence electrons. The maximum atomic E-state index is 12.0. The molecule has 1 aliphatic rings. The highest BCUT2D eigenvalue weighted by molar-refractivity contribution is 7.89. The summed E-state index contributed by atoms with van der Waals surface area (Å²) in [4.78, 5) is 11.9. The van der Waals surface area contributed by atoms with Gasteiger partial charge in [0.2, 0.25) is 15.9 Å². The van der Waals surface area contributed by atoms with Gasteiger partial charge in [-0.2, -0.15) is 0 Å². The van der Waals surface area contributed by atoms with Crippen molar-refractivity contribution in [3.05, 3.63) is 18.2 Å². The van der Waals surface area contributed by atoms with E-state index in [1.807, 2.05) is 6.92 Å². The van der Waals surface area contributed by atoms with Crippen LogP contribution in [0.25, 0.3) is 0 Å². The molecule has 1 saturated carbocycles. The molecule has 1 amide bonds. The van der Waals surface area contributed by atoms with Crippen molar-refractivity contribution in [3.8, 4) is 5.75 Å². The Balaban J connectivity index is 2.19. The third kappa shape index (κ3) is 3.29. The van der Waals surface area contributed by atoms with E-state index in [2.05, 4.69) is 5.32 Å². The smallest absolute Gasteiger partial charge is 0.241 e. The number of amides is 1. The molecule has 0 saturated heterocycles. The first-order chi connectivity index (χ1) is 9.32. The van der Waals surface area contributed by atoms with Crippen LogP contribution in [0.2, 0.25) is 0 Å². The molecule has 0 radical (unpaired) electrons. The summed E-state index contributed by atoms with van der Waals surface area (Å²) in [6, 6.07) is 4.28. The molecule has 0 heterocycles. The lowest BCUT2D eigenvalue weighted by atomic mass is 10.1. The van der Waals surface area contributed by atoms with Gasteiger partial charge < -0.3 is 10.1 Å². The molecule has 1 aliphatic carbocycles. The fourth-order valence-corrected chi connectivity index (χ4v) is 2.73. The lowest BCUT2D eigenvalue weighted by Gasteiger charge is -2.13. The molecule has 1 aromatic rings. The van der Waals surface area contributed by atoms with Gasteiger partial charge in [-0.05, 0) is 30.9 Å². The normalized spacial score (nSPS) is 16.6. The Kier molecular flexibility index (Phi) is 4.01. The van der Waals surface area contributed by atoms with Crippen LogP contribution in [0.1, 0.15) is 19.8 Å². The van der Waals surface area contributed by atoms with Crippen LogP contribution in [0.15, 0.2) is 23.1 Å². The largest absolute Gasteiger partial charge is 0.495 e. The third-order valence-electron chi connectivity index (χ3n) is 3.48. The number of nitrogens with two attached hydrogens (primary N) is 1. The molecular weight excluding hydrogens is 280 g/mol. The Morgan fingerprint density at radius 1 is 1.45 bits per heavy atom. The van der Waals surface area contributed by atoms with E-state index in [-0.39, 0.29) is 22.5 Å². The zero-order valence-electron chi connectivity index (χ0n) is 11.4. The third-order valence-corrected chi connectivity index (χ3v) is 4.43. The number of ether oxygens (including phenoxy) is 1. The maximum absolute atomic E-state index is 12.0. The van der Waals surface area contributed by atoms with Gasteiger partial charge in [0, 0.05) is 17.7 Å². The number of primary sulfonamides is 1. The fraction of sp³-hybridized carbons (Fsp3) is 0.462. The van der Waals surface area contributed by atoms with Crippen molar-refractivity contribution in [3.63, 3.8) is 0 Å².